The molecule has 0 saturated heterocycles. The highest BCUT2D eigenvalue weighted by molar-refractivity contribution is 7.16. The molecular formula is C18H18N6O3S. The maximum absolute atomic E-state index is 12.4. The second-order valence-corrected chi connectivity index (χ2v) is 7.45. The molecule has 9 nitrogen and oxygen atoms in total. The molecular weight excluding hydrogens is 380 g/mol. The van der Waals surface area contributed by atoms with Crippen molar-refractivity contribution in [2.75, 3.05) is 11.9 Å². The lowest BCUT2D eigenvalue weighted by Gasteiger charge is -2.07. The zero-order valence-corrected chi connectivity index (χ0v) is 16.2. The van der Waals surface area contributed by atoms with Crippen LogP contribution >= 0.6 is 11.3 Å². The summed E-state index contributed by atoms with van der Waals surface area (Å²) in [6.07, 6.45) is 1.43. The van der Waals surface area contributed by atoms with Crippen molar-refractivity contribution in [3.05, 3.63) is 46.2 Å². The third-order valence-corrected chi connectivity index (χ3v) is 5.44. The van der Waals surface area contributed by atoms with E-state index in [1.165, 1.54) is 16.1 Å². The van der Waals surface area contributed by atoms with E-state index in [0.29, 0.717) is 29.5 Å². The van der Waals surface area contributed by atoms with Gasteiger partial charge in [-0.15, -0.1) is 26.3 Å². The summed E-state index contributed by atoms with van der Waals surface area (Å²) in [7, 11) is 0. The third-order valence-electron chi connectivity index (χ3n) is 4.39. The van der Waals surface area contributed by atoms with Crippen LogP contribution in [0, 0.1) is 6.92 Å². The van der Waals surface area contributed by atoms with Crippen LogP contribution in [0.15, 0.2) is 24.3 Å². The first kappa shape index (κ1) is 18.2. The van der Waals surface area contributed by atoms with Gasteiger partial charge in [-0.2, -0.15) is 0 Å². The Morgan fingerprint density at radius 2 is 2.11 bits per heavy atom. The molecule has 0 bridgehead atoms. The molecule has 3 aromatic rings. The van der Waals surface area contributed by atoms with Crippen LogP contribution in [0.1, 0.15) is 46.0 Å². The summed E-state index contributed by atoms with van der Waals surface area (Å²) in [5, 5.41) is 15.0. The van der Waals surface area contributed by atoms with E-state index >= 15 is 0 Å². The quantitative estimate of drug-likeness (QED) is 0.656. The predicted molar refractivity (Wildman–Crippen MR) is 102 cm³/mol. The summed E-state index contributed by atoms with van der Waals surface area (Å²) in [4.78, 5) is 31.2. The number of tetrazole rings is 1. The minimum absolute atomic E-state index is 0.0575. The van der Waals surface area contributed by atoms with Gasteiger partial charge in [-0.3, -0.25) is 14.9 Å². The number of hydrogen-bond acceptors (Lipinski definition) is 8. The number of carbonyl (C=O) groups is 2. The average Bonchev–Trinajstić information content (AvgIpc) is 3.37. The summed E-state index contributed by atoms with van der Waals surface area (Å²) >= 11 is 1.36. The van der Waals surface area contributed by atoms with Crippen molar-refractivity contribution in [2.24, 2.45) is 0 Å². The van der Waals surface area contributed by atoms with E-state index in [4.69, 9.17) is 4.74 Å². The fourth-order valence-corrected chi connectivity index (χ4v) is 4.03. The molecule has 2 heterocycles. The van der Waals surface area contributed by atoms with Gasteiger partial charge in [0.2, 0.25) is 0 Å². The van der Waals surface area contributed by atoms with Crippen LogP contribution in [-0.4, -0.2) is 43.7 Å². The number of aromatic nitrogens is 5. The molecule has 10 heteroatoms. The lowest BCUT2D eigenvalue weighted by atomic mass is 10.1. The molecule has 1 aliphatic carbocycles. The molecule has 0 aliphatic heterocycles. The maximum atomic E-state index is 12.4. The van der Waals surface area contributed by atoms with Crippen molar-refractivity contribution < 1.29 is 14.3 Å². The van der Waals surface area contributed by atoms with E-state index in [9.17, 15) is 9.59 Å². The Hall–Kier alpha value is -3.14. The zero-order chi connectivity index (χ0) is 19.7. The molecule has 4 rings (SSSR count). The van der Waals surface area contributed by atoms with Crippen LogP contribution < -0.4 is 5.32 Å². The van der Waals surface area contributed by atoms with Crippen molar-refractivity contribution in [2.45, 2.75) is 32.6 Å². The highest BCUT2D eigenvalue weighted by Crippen LogP contribution is 2.39. The van der Waals surface area contributed by atoms with Gasteiger partial charge < -0.3 is 4.74 Å². The first-order valence-corrected chi connectivity index (χ1v) is 9.71. The van der Waals surface area contributed by atoms with Crippen molar-refractivity contribution in [3.63, 3.8) is 0 Å². The van der Waals surface area contributed by atoms with Crippen LogP contribution in [0.25, 0.3) is 5.69 Å². The fourth-order valence-electron chi connectivity index (χ4n) is 3.00. The van der Waals surface area contributed by atoms with E-state index < -0.39 is 5.91 Å². The second-order valence-electron chi connectivity index (χ2n) is 6.36. The Morgan fingerprint density at radius 1 is 1.32 bits per heavy atom. The number of fused-ring (bicyclic) bond motifs is 1. The Labute approximate surface area is 164 Å². The van der Waals surface area contributed by atoms with E-state index in [-0.39, 0.29) is 17.7 Å². The molecule has 1 aliphatic rings. The van der Waals surface area contributed by atoms with E-state index in [1.54, 1.807) is 6.92 Å². The zero-order valence-electron chi connectivity index (χ0n) is 15.4. The number of benzene rings is 1. The van der Waals surface area contributed by atoms with Crippen molar-refractivity contribution >= 4 is 28.3 Å². The molecule has 0 fully saturated rings. The number of carbonyl (C=O) groups excluding carboxylic acids is 2. The molecule has 144 valence electrons. The Kier molecular flexibility index (Phi) is 4.86. The largest absolute Gasteiger partial charge is 0.465 e. The highest BCUT2D eigenvalue weighted by Gasteiger charge is 2.34. The standard InChI is InChI=1S/C18H18N6O3S/c1-3-27-17(26)12-8-9-13-14(12)19-18(28-13)20-16(25)15-21-23-24(22-15)11-6-4-10(2)5-7-11/h4-7,12H,3,8-9H2,1-2H3,(H,19,20,25)/t12-/m1/s1. The van der Waals surface area contributed by atoms with Gasteiger partial charge in [-0.25, -0.2) is 4.98 Å². The number of hydrogen-bond donors (Lipinski definition) is 1. The van der Waals surface area contributed by atoms with Gasteiger partial charge >= 0.3 is 5.97 Å². The summed E-state index contributed by atoms with van der Waals surface area (Å²) < 4.78 is 5.10. The monoisotopic (exact) mass is 398 g/mol. The first-order valence-electron chi connectivity index (χ1n) is 8.89. The van der Waals surface area contributed by atoms with Crippen molar-refractivity contribution in [1.82, 2.24) is 25.2 Å². The molecule has 0 saturated carbocycles. The van der Waals surface area contributed by atoms with Gasteiger partial charge in [0, 0.05) is 4.88 Å². The predicted octanol–water partition coefficient (Wildman–Crippen LogP) is 2.27. The molecule has 28 heavy (non-hydrogen) atoms. The first-order chi connectivity index (χ1) is 13.5. The number of rotatable bonds is 5. The van der Waals surface area contributed by atoms with Crippen LogP contribution in [-0.2, 0) is 16.0 Å². The summed E-state index contributed by atoms with van der Waals surface area (Å²) in [5.41, 5.74) is 2.51. The molecule has 0 spiro atoms. The molecule has 1 aromatic carbocycles. The van der Waals surface area contributed by atoms with Gasteiger partial charge in [-0.05, 0) is 44.0 Å². The van der Waals surface area contributed by atoms with E-state index in [2.05, 4.69) is 25.7 Å². The summed E-state index contributed by atoms with van der Waals surface area (Å²) in [5.74, 6) is -1.19. The van der Waals surface area contributed by atoms with Gasteiger partial charge in [0.25, 0.3) is 11.7 Å². The van der Waals surface area contributed by atoms with Gasteiger partial charge in [0.05, 0.1) is 18.0 Å². The third kappa shape index (κ3) is 3.50. The molecule has 0 radical (unpaired) electrons. The molecule has 1 atom stereocenters. The smallest absolute Gasteiger partial charge is 0.315 e. The number of nitrogens with one attached hydrogen (secondary N) is 1. The van der Waals surface area contributed by atoms with Gasteiger partial charge in [-0.1, -0.05) is 17.7 Å². The summed E-state index contributed by atoms with van der Waals surface area (Å²) in [6, 6.07) is 7.55. The number of esters is 1. The van der Waals surface area contributed by atoms with Crippen LogP contribution in [0.5, 0.6) is 0 Å². The van der Waals surface area contributed by atoms with Gasteiger partial charge in [0.1, 0.15) is 5.92 Å². The maximum Gasteiger partial charge on any atom is 0.315 e. The number of anilines is 1. The van der Waals surface area contributed by atoms with E-state index in [0.717, 1.165) is 16.9 Å². The number of thiazole rings is 1. The lowest BCUT2D eigenvalue weighted by Crippen LogP contribution is -2.16. The number of nitrogens with zero attached hydrogens (tertiary/aromatic N) is 5. The van der Waals surface area contributed by atoms with Crippen molar-refractivity contribution in [1.29, 1.82) is 0 Å². The Bertz CT molecular complexity index is 1030. The molecule has 2 aromatic heterocycles. The second kappa shape index (κ2) is 7.47. The fraction of sp³-hybridized carbons (Fsp3) is 0.333. The normalized spacial score (nSPS) is 15.3. The number of amides is 1. The Balaban J connectivity index is 1.47. The molecule has 1 amide bonds. The topological polar surface area (TPSA) is 112 Å². The molecule has 1 N–H and O–H groups in total. The van der Waals surface area contributed by atoms with Crippen LogP contribution in [0.2, 0.25) is 0 Å². The number of aryl methyl sites for hydroxylation is 2. The van der Waals surface area contributed by atoms with Crippen LogP contribution in [0.4, 0.5) is 5.13 Å². The van der Waals surface area contributed by atoms with E-state index in [1.807, 2.05) is 31.2 Å². The minimum atomic E-state index is -0.501. The van der Waals surface area contributed by atoms with Crippen molar-refractivity contribution in [3.8, 4) is 5.69 Å². The number of ether oxygens (including phenoxy) is 1. The SMILES string of the molecule is CCOC(=O)[C@@H]1CCc2sc(NC(=O)c3nnn(-c4ccc(C)cc4)n3)nc21. The van der Waals surface area contributed by atoms with Crippen LogP contribution in [0.3, 0.4) is 0 Å². The Morgan fingerprint density at radius 3 is 2.86 bits per heavy atom. The molecule has 0 unspecified atom stereocenters. The highest BCUT2D eigenvalue weighted by atomic mass is 32.1. The minimum Gasteiger partial charge on any atom is -0.465 e. The average molecular weight is 398 g/mol. The lowest BCUT2D eigenvalue weighted by molar-refractivity contribution is -0.145. The van der Waals surface area contributed by atoms with Gasteiger partial charge in [0.15, 0.2) is 5.13 Å². The summed E-state index contributed by atoms with van der Waals surface area (Å²) in [6.45, 7) is 4.09.